The van der Waals surface area contributed by atoms with Gasteiger partial charge in [-0.2, -0.15) is 0 Å². The van der Waals surface area contributed by atoms with Gasteiger partial charge in [0, 0.05) is 18.2 Å². The maximum absolute atomic E-state index is 13.8. The fourth-order valence-corrected chi connectivity index (χ4v) is 5.06. The lowest BCUT2D eigenvalue weighted by molar-refractivity contribution is -0.387. The Kier molecular flexibility index (Phi) is 8.40. The highest BCUT2D eigenvalue weighted by molar-refractivity contribution is 7.93. The zero-order valence-electron chi connectivity index (χ0n) is 20.5. The Morgan fingerprint density at radius 2 is 1.51 bits per heavy atom. The van der Waals surface area contributed by atoms with Crippen LogP contribution in [-0.4, -0.2) is 54.2 Å². The number of nitro benzene ring substituents is 1. The molecule has 0 saturated heterocycles. The summed E-state index contributed by atoms with van der Waals surface area (Å²) in [6, 6.07) is 13.8. The van der Waals surface area contributed by atoms with Crippen molar-refractivity contribution in [2.45, 2.75) is 4.90 Å². The largest absolute Gasteiger partial charge is 0.497 e. The maximum atomic E-state index is 13.8. The third kappa shape index (κ3) is 5.83. The van der Waals surface area contributed by atoms with Crippen molar-refractivity contribution in [2.24, 2.45) is 0 Å². The Balaban J connectivity index is 2.12. The first-order chi connectivity index (χ1) is 17.7. The summed E-state index contributed by atoms with van der Waals surface area (Å²) >= 11 is 0. The molecular weight excluding hydrogens is 506 g/mol. The first-order valence-corrected chi connectivity index (χ1v) is 12.1. The van der Waals surface area contributed by atoms with Crippen LogP contribution in [0.2, 0.25) is 0 Å². The summed E-state index contributed by atoms with van der Waals surface area (Å²) in [5, 5.41) is 14.2. The summed E-state index contributed by atoms with van der Waals surface area (Å²) in [5.41, 5.74) is -0.444. The molecule has 12 nitrogen and oxygen atoms in total. The summed E-state index contributed by atoms with van der Waals surface area (Å²) < 4.78 is 49.3. The van der Waals surface area contributed by atoms with Crippen LogP contribution in [0.5, 0.6) is 23.0 Å². The molecule has 0 aliphatic rings. The minimum absolute atomic E-state index is 0.0331. The van der Waals surface area contributed by atoms with Crippen molar-refractivity contribution in [2.75, 3.05) is 44.6 Å². The highest BCUT2D eigenvalue weighted by Crippen LogP contribution is 2.37. The molecule has 0 spiro atoms. The molecule has 37 heavy (non-hydrogen) atoms. The third-order valence-electron chi connectivity index (χ3n) is 5.25. The van der Waals surface area contributed by atoms with Crippen LogP contribution in [0, 0.1) is 10.1 Å². The summed E-state index contributed by atoms with van der Waals surface area (Å²) in [6.07, 6.45) is 0. The molecule has 0 atom stereocenters. The lowest BCUT2D eigenvalue weighted by Gasteiger charge is -2.26. The van der Waals surface area contributed by atoms with Crippen molar-refractivity contribution in [3.63, 3.8) is 0 Å². The van der Waals surface area contributed by atoms with Crippen LogP contribution in [0.25, 0.3) is 0 Å². The van der Waals surface area contributed by atoms with Crippen LogP contribution in [0.3, 0.4) is 0 Å². The van der Waals surface area contributed by atoms with Crippen molar-refractivity contribution < 1.29 is 37.1 Å². The Hall–Kier alpha value is -4.52. The van der Waals surface area contributed by atoms with Crippen molar-refractivity contribution >= 4 is 33.0 Å². The minimum atomic E-state index is -4.64. The van der Waals surface area contributed by atoms with Gasteiger partial charge in [0.15, 0.2) is 4.90 Å². The van der Waals surface area contributed by atoms with E-state index in [1.54, 1.807) is 12.1 Å². The zero-order valence-corrected chi connectivity index (χ0v) is 21.3. The van der Waals surface area contributed by atoms with Gasteiger partial charge in [-0.1, -0.05) is 12.1 Å². The Bertz CT molecular complexity index is 1410. The summed E-state index contributed by atoms with van der Waals surface area (Å²) in [4.78, 5) is 23.4. The number of carbonyl (C=O) groups is 1. The molecule has 3 aromatic carbocycles. The molecule has 0 unspecified atom stereocenters. The van der Waals surface area contributed by atoms with E-state index < -0.39 is 38.0 Å². The van der Waals surface area contributed by atoms with E-state index in [4.69, 9.17) is 18.9 Å². The number of nitrogens with one attached hydrogen (secondary N) is 1. The van der Waals surface area contributed by atoms with E-state index in [2.05, 4.69) is 5.32 Å². The molecule has 13 heteroatoms. The van der Waals surface area contributed by atoms with Crippen LogP contribution in [-0.2, 0) is 14.8 Å². The van der Waals surface area contributed by atoms with E-state index >= 15 is 0 Å². The molecule has 1 N–H and O–H groups in total. The molecule has 196 valence electrons. The summed E-state index contributed by atoms with van der Waals surface area (Å²) in [6.45, 7) is -0.753. The van der Waals surface area contributed by atoms with E-state index in [1.807, 2.05) is 0 Å². The summed E-state index contributed by atoms with van der Waals surface area (Å²) in [5.74, 6) is 0.413. The van der Waals surface area contributed by atoms with Gasteiger partial charge in [0.25, 0.3) is 15.7 Å². The van der Waals surface area contributed by atoms with E-state index in [0.717, 1.165) is 16.4 Å². The van der Waals surface area contributed by atoms with Crippen LogP contribution in [0.1, 0.15) is 0 Å². The van der Waals surface area contributed by atoms with Crippen molar-refractivity contribution in [3.05, 3.63) is 70.8 Å². The number of sulfonamides is 1. The highest BCUT2D eigenvalue weighted by Gasteiger charge is 2.35. The number of carbonyl (C=O) groups excluding carboxylic acids is 1. The number of rotatable bonds is 11. The molecular formula is C24H25N3O9S. The number of methoxy groups -OCH3 is 4. The van der Waals surface area contributed by atoms with Gasteiger partial charge >= 0.3 is 0 Å². The average molecular weight is 532 g/mol. The second-order valence-corrected chi connectivity index (χ2v) is 9.22. The van der Waals surface area contributed by atoms with Gasteiger partial charge in [-0.3, -0.25) is 19.2 Å². The van der Waals surface area contributed by atoms with Gasteiger partial charge in [0.2, 0.25) is 5.91 Å². The number of nitrogens with zero attached hydrogens (tertiary/aromatic N) is 2. The van der Waals surface area contributed by atoms with E-state index in [1.165, 1.54) is 64.8 Å². The normalized spacial score (nSPS) is 10.8. The number of benzene rings is 3. The van der Waals surface area contributed by atoms with Crippen LogP contribution in [0.4, 0.5) is 17.1 Å². The smallest absolute Gasteiger partial charge is 0.289 e. The lowest BCUT2D eigenvalue weighted by Crippen LogP contribution is -2.38. The maximum Gasteiger partial charge on any atom is 0.289 e. The Labute approximate surface area is 213 Å². The number of hydrogen-bond donors (Lipinski definition) is 1. The SMILES string of the molecule is COc1ccc(OC)c(NC(=O)CN(c2ccc(OC)cc2OC)S(=O)(=O)c2ccccc2[N+](=O)[O-])c1. The quantitative estimate of drug-likeness (QED) is 0.290. The first-order valence-electron chi connectivity index (χ1n) is 10.7. The molecule has 0 fully saturated rings. The van der Waals surface area contributed by atoms with Crippen LogP contribution in [0.15, 0.2) is 65.6 Å². The number of nitro groups is 1. The van der Waals surface area contributed by atoms with E-state index in [0.29, 0.717) is 17.2 Å². The second kappa shape index (κ2) is 11.5. The second-order valence-electron chi connectivity index (χ2n) is 7.39. The number of amides is 1. The molecule has 3 rings (SSSR count). The van der Waals surface area contributed by atoms with Gasteiger partial charge < -0.3 is 24.3 Å². The molecule has 0 bridgehead atoms. The standard InChI is InChI=1S/C24H25N3O9S/c1-33-16-10-12-21(35-3)18(13-16)25-24(28)15-26(19-11-9-17(34-2)14-22(19)36-4)37(31,32)23-8-6-5-7-20(23)27(29)30/h5-14H,15H2,1-4H3,(H,25,28). The Morgan fingerprint density at radius 1 is 0.892 bits per heavy atom. The molecule has 0 saturated carbocycles. The highest BCUT2D eigenvalue weighted by atomic mass is 32.2. The number of anilines is 2. The fraction of sp³-hybridized carbons (Fsp3) is 0.208. The predicted molar refractivity (Wildman–Crippen MR) is 135 cm³/mol. The van der Waals surface area contributed by atoms with Gasteiger partial charge in [-0.15, -0.1) is 0 Å². The van der Waals surface area contributed by atoms with Crippen molar-refractivity contribution in [1.82, 2.24) is 0 Å². The average Bonchev–Trinajstić information content (AvgIpc) is 2.91. The number of ether oxygens (including phenoxy) is 4. The third-order valence-corrected chi connectivity index (χ3v) is 7.06. The molecule has 0 radical (unpaired) electrons. The fourth-order valence-electron chi connectivity index (χ4n) is 3.47. The minimum Gasteiger partial charge on any atom is -0.497 e. The first kappa shape index (κ1) is 27.1. The number of para-hydroxylation sites is 1. The number of hydrogen-bond acceptors (Lipinski definition) is 9. The lowest BCUT2D eigenvalue weighted by atomic mass is 10.2. The van der Waals surface area contributed by atoms with Crippen LogP contribution < -0.4 is 28.6 Å². The topological polar surface area (TPSA) is 147 Å². The molecule has 3 aromatic rings. The van der Waals surface area contributed by atoms with E-state index in [9.17, 15) is 23.3 Å². The zero-order chi connectivity index (χ0) is 27.2. The van der Waals surface area contributed by atoms with Gasteiger partial charge in [0.1, 0.15) is 29.5 Å². The Morgan fingerprint density at radius 3 is 2.14 bits per heavy atom. The molecule has 1 amide bonds. The van der Waals surface area contributed by atoms with Crippen molar-refractivity contribution in [3.8, 4) is 23.0 Å². The van der Waals surface area contributed by atoms with E-state index in [-0.39, 0.29) is 17.1 Å². The molecule has 0 heterocycles. The van der Waals surface area contributed by atoms with Gasteiger partial charge in [-0.25, -0.2) is 8.42 Å². The van der Waals surface area contributed by atoms with Gasteiger partial charge in [0.05, 0.1) is 44.7 Å². The summed E-state index contributed by atoms with van der Waals surface area (Å²) in [7, 11) is 0.949. The monoisotopic (exact) mass is 531 g/mol. The van der Waals surface area contributed by atoms with Crippen molar-refractivity contribution in [1.29, 1.82) is 0 Å². The van der Waals surface area contributed by atoms with Crippen LogP contribution >= 0.6 is 0 Å². The predicted octanol–water partition coefficient (Wildman–Crippen LogP) is 3.46. The molecule has 0 aliphatic carbocycles. The van der Waals surface area contributed by atoms with Gasteiger partial charge in [-0.05, 0) is 30.3 Å². The molecule has 0 aliphatic heterocycles. The molecule has 0 aromatic heterocycles.